The molecule has 0 N–H and O–H groups in total. The summed E-state index contributed by atoms with van der Waals surface area (Å²) in [6.07, 6.45) is -0.0884. The first-order chi connectivity index (χ1) is 13.2. The molecular formula is C21H22LiN3O3. The van der Waals surface area contributed by atoms with Crippen LogP contribution in [0, 0.1) is 0 Å². The normalized spacial score (nSPS) is 19.5. The van der Waals surface area contributed by atoms with Crippen LogP contribution in [-0.2, 0) is 16.2 Å². The van der Waals surface area contributed by atoms with Crippen LogP contribution in [-0.4, -0.2) is 42.8 Å². The Kier molecular flexibility index (Phi) is 6.79. The molecule has 4 rings (SSSR count). The van der Waals surface area contributed by atoms with Crippen molar-refractivity contribution in [2.75, 3.05) is 31.1 Å². The number of hydrogen-bond donors (Lipinski definition) is 0. The van der Waals surface area contributed by atoms with Gasteiger partial charge >= 0.3 is 18.9 Å². The number of hydrogen-bond acceptors (Lipinski definition) is 6. The van der Waals surface area contributed by atoms with Gasteiger partial charge in [-0.2, -0.15) is 0 Å². The number of carboxylic acids is 1. The molecule has 2 heterocycles. The number of aliphatic carboxylic acids is 1. The van der Waals surface area contributed by atoms with Crippen molar-refractivity contribution in [3.8, 4) is 0 Å². The minimum Gasteiger partial charge on any atom is -0.543 e. The molecule has 1 saturated heterocycles. The average Bonchev–Trinajstić information content (AvgIpc) is 3.20. The Morgan fingerprint density at radius 2 is 1.71 bits per heavy atom. The molecule has 1 atom stereocenters. The van der Waals surface area contributed by atoms with E-state index >= 15 is 0 Å². The van der Waals surface area contributed by atoms with E-state index in [0.717, 1.165) is 38.3 Å². The van der Waals surface area contributed by atoms with Gasteiger partial charge in [0.25, 0.3) is 0 Å². The third-order valence-corrected chi connectivity index (χ3v) is 5.16. The standard InChI is InChI=1S/C21H23N3O3.Li/c25-21(26)19-14-20(27-22-19)17-6-8-18(9-7-17)24-12-10-23(11-13-24)15-16-4-2-1-3-5-16;/h1-9,20H,10-15H2,(H,25,26);/q;+1/p-1. The summed E-state index contributed by atoms with van der Waals surface area (Å²) in [5.74, 6) is -1.26. The van der Waals surface area contributed by atoms with Gasteiger partial charge in [-0.25, -0.2) is 0 Å². The molecule has 2 aliphatic rings. The van der Waals surface area contributed by atoms with Crippen LogP contribution in [0.15, 0.2) is 59.8 Å². The first-order valence-electron chi connectivity index (χ1n) is 9.24. The number of rotatable bonds is 5. The second-order valence-electron chi connectivity index (χ2n) is 6.96. The van der Waals surface area contributed by atoms with Crippen LogP contribution in [0.3, 0.4) is 0 Å². The summed E-state index contributed by atoms with van der Waals surface area (Å²) >= 11 is 0. The summed E-state index contributed by atoms with van der Waals surface area (Å²) in [6.45, 7) is 5.04. The smallest absolute Gasteiger partial charge is 0.543 e. The summed E-state index contributed by atoms with van der Waals surface area (Å²) in [5, 5.41) is 14.4. The molecule has 0 aliphatic carbocycles. The third kappa shape index (κ3) is 4.77. The van der Waals surface area contributed by atoms with Crippen LogP contribution in [0.25, 0.3) is 0 Å². The molecule has 140 valence electrons. The average molecular weight is 371 g/mol. The van der Waals surface area contributed by atoms with E-state index in [1.165, 1.54) is 11.3 Å². The van der Waals surface area contributed by atoms with Crippen molar-refractivity contribution >= 4 is 17.4 Å². The van der Waals surface area contributed by atoms with Crippen molar-refractivity contribution in [1.82, 2.24) is 4.90 Å². The predicted molar refractivity (Wildman–Crippen MR) is 101 cm³/mol. The zero-order valence-electron chi connectivity index (χ0n) is 16.1. The maximum absolute atomic E-state index is 10.8. The molecule has 0 aromatic heterocycles. The zero-order chi connectivity index (χ0) is 18.6. The third-order valence-electron chi connectivity index (χ3n) is 5.16. The number of benzene rings is 2. The molecule has 2 aliphatic heterocycles. The number of anilines is 1. The summed E-state index contributed by atoms with van der Waals surface area (Å²) in [4.78, 5) is 20.9. The maximum atomic E-state index is 10.8. The van der Waals surface area contributed by atoms with Gasteiger partial charge in [-0.15, -0.1) is 0 Å². The van der Waals surface area contributed by atoms with E-state index in [4.69, 9.17) is 4.84 Å². The van der Waals surface area contributed by atoms with Crippen molar-refractivity contribution in [2.45, 2.75) is 19.1 Å². The molecule has 7 heteroatoms. The Bertz CT molecular complexity index is 819. The van der Waals surface area contributed by atoms with Crippen molar-refractivity contribution in [3.05, 3.63) is 65.7 Å². The largest absolute Gasteiger partial charge is 1.00 e. The Balaban J connectivity index is 0.00000225. The second kappa shape index (κ2) is 9.29. The quantitative estimate of drug-likeness (QED) is 0.604. The van der Waals surface area contributed by atoms with E-state index in [1.807, 2.05) is 18.2 Å². The van der Waals surface area contributed by atoms with Crippen molar-refractivity contribution in [2.24, 2.45) is 5.16 Å². The number of nitrogens with zero attached hydrogens (tertiary/aromatic N) is 3. The minimum absolute atomic E-state index is 0. The number of piperazine rings is 1. The molecule has 1 unspecified atom stereocenters. The summed E-state index contributed by atoms with van der Waals surface area (Å²) < 4.78 is 0. The van der Waals surface area contributed by atoms with Gasteiger partial charge in [0.05, 0.1) is 5.97 Å². The van der Waals surface area contributed by atoms with Gasteiger partial charge < -0.3 is 19.6 Å². The number of carboxylic acid groups (broad SMARTS) is 1. The van der Waals surface area contributed by atoms with Crippen LogP contribution in [0.5, 0.6) is 0 Å². The Hall–Kier alpha value is -2.26. The van der Waals surface area contributed by atoms with Gasteiger partial charge in [0.1, 0.15) is 5.71 Å². The summed E-state index contributed by atoms with van der Waals surface area (Å²) in [7, 11) is 0. The fourth-order valence-corrected chi connectivity index (χ4v) is 3.58. The van der Waals surface area contributed by atoms with Crippen LogP contribution >= 0.6 is 0 Å². The zero-order valence-corrected chi connectivity index (χ0v) is 16.1. The van der Waals surface area contributed by atoms with Crippen LogP contribution in [0.4, 0.5) is 5.69 Å². The molecular weight excluding hydrogens is 349 g/mol. The van der Waals surface area contributed by atoms with Crippen LogP contribution < -0.4 is 28.9 Å². The number of carbonyl (C=O) groups excluding carboxylic acids is 1. The molecule has 28 heavy (non-hydrogen) atoms. The van der Waals surface area contributed by atoms with E-state index in [2.05, 4.69) is 51.4 Å². The van der Waals surface area contributed by atoms with E-state index in [0.29, 0.717) is 0 Å². The fraction of sp³-hybridized carbons (Fsp3) is 0.333. The second-order valence-corrected chi connectivity index (χ2v) is 6.96. The molecule has 0 radical (unpaired) electrons. The summed E-state index contributed by atoms with van der Waals surface area (Å²) in [6, 6.07) is 18.7. The predicted octanol–water partition coefficient (Wildman–Crippen LogP) is -1.42. The molecule has 6 nitrogen and oxygen atoms in total. The molecule has 2 aromatic carbocycles. The molecule has 2 aromatic rings. The Morgan fingerprint density at radius 1 is 1.04 bits per heavy atom. The fourth-order valence-electron chi connectivity index (χ4n) is 3.58. The molecule has 0 amide bonds. The van der Waals surface area contributed by atoms with E-state index in [9.17, 15) is 9.90 Å². The van der Waals surface area contributed by atoms with Crippen molar-refractivity contribution in [3.63, 3.8) is 0 Å². The topological polar surface area (TPSA) is 68.2 Å². The Labute approximate surface area is 176 Å². The van der Waals surface area contributed by atoms with Crippen LogP contribution in [0.2, 0.25) is 0 Å². The van der Waals surface area contributed by atoms with Crippen molar-refractivity contribution < 1.29 is 33.6 Å². The summed E-state index contributed by atoms with van der Waals surface area (Å²) in [5.41, 5.74) is 3.43. The SMILES string of the molecule is O=C([O-])C1=NOC(c2ccc(N3CCN(Cc4ccccc4)CC3)cc2)C1.[Li+]. The van der Waals surface area contributed by atoms with Crippen molar-refractivity contribution in [1.29, 1.82) is 0 Å². The monoisotopic (exact) mass is 371 g/mol. The van der Waals surface area contributed by atoms with Gasteiger partial charge in [0.15, 0.2) is 6.10 Å². The van der Waals surface area contributed by atoms with Gasteiger partial charge in [-0.3, -0.25) is 4.90 Å². The first kappa shape index (κ1) is 20.5. The molecule has 0 saturated carbocycles. The Morgan fingerprint density at radius 3 is 2.32 bits per heavy atom. The number of carbonyl (C=O) groups is 1. The molecule has 0 spiro atoms. The first-order valence-corrected chi connectivity index (χ1v) is 9.24. The van der Waals surface area contributed by atoms with E-state index < -0.39 is 5.97 Å². The van der Waals surface area contributed by atoms with Gasteiger partial charge in [-0.05, 0) is 23.3 Å². The molecule has 0 bridgehead atoms. The molecule has 1 fully saturated rings. The van der Waals surface area contributed by atoms with Gasteiger partial charge in [0.2, 0.25) is 0 Å². The maximum Gasteiger partial charge on any atom is 1.00 e. The van der Waals surface area contributed by atoms with Gasteiger partial charge in [0, 0.05) is 44.8 Å². The van der Waals surface area contributed by atoms with Crippen LogP contribution in [0.1, 0.15) is 23.7 Å². The minimum atomic E-state index is -1.26. The number of oxime groups is 1. The van der Waals surface area contributed by atoms with E-state index in [1.54, 1.807) is 0 Å². The van der Waals surface area contributed by atoms with E-state index in [-0.39, 0.29) is 37.1 Å². The van der Waals surface area contributed by atoms with Gasteiger partial charge in [-0.1, -0.05) is 47.6 Å².